The summed E-state index contributed by atoms with van der Waals surface area (Å²) in [4.78, 5) is 28.9. The van der Waals surface area contributed by atoms with E-state index in [1.807, 2.05) is 6.07 Å². The predicted octanol–water partition coefficient (Wildman–Crippen LogP) is 4.16. The van der Waals surface area contributed by atoms with E-state index in [1.165, 1.54) is 45.6 Å². The molecule has 0 aliphatic carbocycles. The van der Waals surface area contributed by atoms with E-state index in [0.29, 0.717) is 42.6 Å². The third-order valence-corrected chi connectivity index (χ3v) is 8.99. The van der Waals surface area contributed by atoms with Gasteiger partial charge in [0.15, 0.2) is 6.61 Å². The number of carbonyl (C=O) groups is 2. The van der Waals surface area contributed by atoms with Crippen LogP contribution in [0.5, 0.6) is 5.75 Å². The SMILES string of the molecule is CC(C)CCNC(=O)[C@@H](c1ccccc1)N(Cc1ccc(F)cc1)C(=O)COc1ccc(S(=O)(=O)N2CCOCC2)cc1. The summed E-state index contributed by atoms with van der Waals surface area (Å²) >= 11 is 0. The van der Waals surface area contributed by atoms with Crippen molar-refractivity contribution in [3.8, 4) is 5.75 Å². The number of benzene rings is 3. The molecule has 4 rings (SSSR count). The number of nitrogens with one attached hydrogen (secondary N) is 1. The molecular weight excluding hydrogens is 573 g/mol. The Morgan fingerprint density at radius 3 is 2.26 bits per heavy atom. The summed E-state index contributed by atoms with van der Waals surface area (Å²) in [5.41, 5.74) is 1.26. The molecular formula is C32H38FN3O6S. The third kappa shape index (κ3) is 8.85. The fourth-order valence-corrected chi connectivity index (χ4v) is 6.08. The van der Waals surface area contributed by atoms with Crippen molar-refractivity contribution in [2.45, 2.75) is 37.8 Å². The zero-order chi connectivity index (χ0) is 30.8. The monoisotopic (exact) mass is 611 g/mol. The second-order valence-electron chi connectivity index (χ2n) is 10.7. The molecule has 1 fully saturated rings. The maximum atomic E-state index is 13.8. The van der Waals surface area contributed by atoms with Crippen molar-refractivity contribution < 1.29 is 31.9 Å². The highest BCUT2D eigenvalue weighted by Crippen LogP contribution is 2.25. The number of hydrogen-bond acceptors (Lipinski definition) is 6. The Morgan fingerprint density at radius 1 is 0.977 bits per heavy atom. The number of ether oxygens (including phenoxy) is 2. The molecule has 43 heavy (non-hydrogen) atoms. The number of morpholine rings is 1. The molecule has 2 amide bonds. The van der Waals surface area contributed by atoms with Gasteiger partial charge in [-0.05, 0) is 59.9 Å². The van der Waals surface area contributed by atoms with Gasteiger partial charge in [0.2, 0.25) is 15.9 Å². The van der Waals surface area contributed by atoms with Gasteiger partial charge in [-0.25, -0.2) is 12.8 Å². The average molecular weight is 612 g/mol. The molecule has 1 N–H and O–H groups in total. The second kappa shape index (κ2) is 15.1. The van der Waals surface area contributed by atoms with Crippen LogP contribution in [0.4, 0.5) is 4.39 Å². The van der Waals surface area contributed by atoms with Gasteiger partial charge in [-0.1, -0.05) is 56.3 Å². The Hall–Kier alpha value is -3.80. The fraction of sp³-hybridized carbons (Fsp3) is 0.375. The molecule has 0 bridgehead atoms. The van der Waals surface area contributed by atoms with Gasteiger partial charge in [-0.3, -0.25) is 9.59 Å². The van der Waals surface area contributed by atoms with E-state index in [2.05, 4.69) is 19.2 Å². The summed E-state index contributed by atoms with van der Waals surface area (Å²) in [7, 11) is -3.67. The highest BCUT2D eigenvalue weighted by atomic mass is 32.2. The van der Waals surface area contributed by atoms with Crippen LogP contribution in [0.1, 0.15) is 37.4 Å². The van der Waals surface area contributed by atoms with Crippen LogP contribution in [0.3, 0.4) is 0 Å². The Balaban J connectivity index is 1.54. The normalized spacial score (nSPS) is 14.7. The minimum atomic E-state index is -3.67. The lowest BCUT2D eigenvalue weighted by atomic mass is 10.0. The molecule has 1 heterocycles. The van der Waals surface area contributed by atoms with E-state index in [1.54, 1.807) is 36.4 Å². The highest BCUT2D eigenvalue weighted by Gasteiger charge is 2.32. The van der Waals surface area contributed by atoms with E-state index >= 15 is 0 Å². The molecule has 1 atom stereocenters. The molecule has 3 aromatic carbocycles. The van der Waals surface area contributed by atoms with Gasteiger partial charge in [0.1, 0.15) is 17.6 Å². The van der Waals surface area contributed by atoms with Gasteiger partial charge in [-0.2, -0.15) is 4.31 Å². The van der Waals surface area contributed by atoms with Crippen LogP contribution in [-0.4, -0.2) is 68.9 Å². The number of amides is 2. The van der Waals surface area contributed by atoms with Gasteiger partial charge in [0.05, 0.1) is 18.1 Å². The minimum absolute atomic E-state index is 0.0381. The molecule has 9 nitrogen and oxygen atoms in total. The van der Waals surface area contributed by atoms with Gasteiger partial charge in [0.25, 0.3) is 5.91 Å². The average Bonchev–Trinajstić information content (AvgIpc) is 3.01. The lowest BCUT2D eigenvalue weighted by Crippen LogP contribution is -2.45. The first-order valence-electron chi connectivity index (χ1n) is 14.3. The first-order chi connectivity index (χ1) is 20.6. The first-order valence-corrected chi connectivity index (χ1v) is 15.8. The Kier molecular flexibility index (Phi) is 11.3. The van der Waals surface area contributed by atoms with Gasteiger partial charge < -0.3 is 19.7 Å². The molecule has 3 aromatic rings. The lowest BCUT2D eigenvalue weighted by molar-refractivity contribution is -0.143. The van der Waals surface area contributed by atoms with Crippen LogP contribution in [-0.2, 0) is 30.9 Å². The van der Waals surface area contributed by atoms with Crippen molar-refractivity contribution >= 4 is 21.8 Å². The summed E-state index contributed by atoms with van der Waals surface area (Å²) in [6.45, 7) is 5.47. The number of sulfonamides is 1. The van der Waals surface area contributed by atoms with Crippen molar-refractivity contribution in [1.82, 2.24) is 14.5 Å². The molecule has 1 aliphatic rings. The van der Waals surface area contributed by atoms with Crippen molar-refractivity contribution in [2.75, 3.05) is 39.5 Å². The van der Waals surface area contributed by atoms with Crippen molar-refractivity contribution in [3.63, 3.8) is 0 Å². The molecule has 1 aliphatic heterocycles. The number of carbonyl (C=O) groups excluding carboxylic acids is 2. The topological polar surface area (TPSA) is 105 Å². The van der Waals surface area contributed by atoms with Crippen LogP contribution >= 0.6 is 0 Å². The van der Waals surface area contributed by atoms with Crippen molar-refractivity contribution in [3.05, 3.63) is 95.8 Å². The summed E-state index contributed by atoms with van der Waals surface area (Å²) in [6.07, 6.45) is 0.777. The molecule has 11 heteroatoms. The summed E-state index contributed by atoms with van der Waals surface area (Å²) in [5.74, 6) is -0.526. The van der Waals surface area contributed by atoms with E-state index in [0.717, 1.165) is 6.42 Å². The molecule has 0 saturated carbocycles. The van der Waals surface area contributed by atoms with Crippen LogP contribution in [0.25, 0.3) is 0 Å². The third-order valence-electron chi connectivity index (χ3n) is 7.08. The van der Waals surface area contributed by atoms with Crippen LogP contribution in [0.15, 0.2) is 83.8 Å². The van der Waals surface area contributed by atoms with E-state index in [9.17, 15) is 22.4 Å². The molecule has 0 radical (unpaired) electrons. The Bertz CT molecular complexity index is 1440. The first kappa shape index (κ1) is 32.1. The predicted molar refractivity (Wildman–Crippen MR) is 160 cm³/mol. The maximum Gasteiger partial charge on any atom is 0.261 e. The second-order valence-corrected chi connectivity index (χ2v) is 12.6. The molecule has 1 saturated heterocycles. The van der Waals surface area contributed by atoms with Crippen molar-refractivity contribution in [1.29, 1.82) is 0 Å². The maximum absolute atomic E-state index is 13.8. The van der Waals surface area contributed by atoms with Crippen LogP contribution in [0, 0.1) is 11.7 Å². The molecule has 0 spiro atoms. The van der Waals surface area contributed by atoms with Crippen molar-refractivity contribution in [2.24, 2.45) is 5.92 Å². The molecule has 0 aromatic heterocycles. The molecule has 230 valence electrons. The van der Waals surface area contributed by atoms with Crippen LogP contribution < -0.4 is 10.1 Å². The van der Waals surface area contributed by atoms with E-state index in [4.69, 9.17) is 9.47 Å². The quantitative estimate of drug-likeness (QED) is 0.311. The minimum Gasteiger partial charge on any atom is -0.484 e. The zero-order valence-electron chi connectivity index (χ0n) is 24.4. The summed E-state index contributed by atoms with van der Waals surface area (Å²) in [6, 6.07) is 19.7. The smallest absolute Gasteiger partial charge is 0.261 e. The van der Waals surface area contributed by atoms with Gasteiger partial charge in [0, 0.05) is 26.2 Å². The van der Waals surface area contributed by atoms with E-state index in [-0.39, 0.29) is 30.4 Å². The highest BCUT2D eigenvalue weighted by molar-refractivity contribution is 7.89. The number of rotatable bonds is 13. The van der Waals surface area contributed by atoms with E-state index < -0.39 is 34.4 Å². The number of hydrogen-bond donors (Lipinski definition) is 1. The Morgan fingerprint density at radius 2 is 1.63 bits per heavy atom. The number of nitrogens with zero attached hydrogens (tertiary/aromatic N) is 2. The Labute approximate surface area is 252 Å². The molecule has 0 unspecified atom stereocenters. The summed E-state index contributed by atoms with van der Waals surface area (Å²) < 4.78 is 51.9. The van der Waals surface area contributed by atoms with Gasteiger partial charge >= 0.3 is 0 Å². The largest absolute Gasteiger partial charge is 0.484 e. The summed E-state index contributed by atoms with van der Waals surface area (Å²) in [5, 5.41) is 2.96. The van der Waals surface area contributed by atoms with Crippen LogP contribution in [0.2, 0.25) is 0 Å². The standard InChI is InChI=1S/C32H38FN3O6S/c1-24(2)16-17-34-32(38)31(26-6-4-3-5-7-26)36(22-25-8-10-27(33)11-9-25)30(37)23-42-28-12-14-29(15-13-28)43(39,40)35-18-20-41-21-19-35/h3-15,24,31H,16-23H2,1-2H3,(H,34,38)/t31-/m1/s1. The zero-order valence-corrected chi connectivity index (χ0v) is 25.3. The number of halogens is 1. The fourth-order valence-electron chi connectivity index (χ4n) is 4.67. The van der Waals surface area contributed by atoms with Gasteiger partial charge in [-0.15, -0.1) is 0 Å². The lowest BCUT2D eigenvalue weighted by Gasteiger charge is -2.31.